The molecule has 0 saturated carbocycles. The summed E-state index contributed by atoms with van der Waals surface area (Å²) in [6.45, 7) is 3.82. The molecule has 10 heteroatoms. The fourth-order valence-electron chi connectivity index (χ4n) is 2.97. The highest BCUT2D eigenvalue weighted by Gasteiger charge is 2.22. The Morgan fingerprint density at radius 3 is 2.56 bits per heavy atom. The molecule has 0 bridgehead atoms. The maximum atomic E-state index is 13.1. The summed E-state index contributed by atoms with van der Waals surface area (Å²) in [4.78, 5) is 13.1. The summed E-state index contributed by atoms with van der Waals surface area (Å²) in [5.41, 5.74) is 8.17. The molecule has 138 valence electrons. The quantitative estimate of drug-likeness (QED) is 0.576. The minimum absolute atomic E-state index is 0.138. The van der Waals surface area contributed by atoms with Crippen molar-refractivity contribution in [1.82, 2.24) is 34.6 Å². The summed E-state index contributed by atoms with van der Waals surface area (Å²) in [6, 6.07) is 9.32. The van der Waals surface area contributed by atoms with Gasteiger partial charge >= 0.3 is 0 Å². The van der Waals surface area contributed by atoms with Gasteiger partial charge in [-0.1, -0.05) is 34.7 Å². The lowest BCUT2D eigenvalue weighted by atomic mass is 10.2. The normalized spacial score (nSPS) is 12.4. The maximum absolute atomic E-state index is 13.1. The summed E-state index contributed by atoms with van der Waals surface area (Å²) in [5.74, 6) is 0. The third-order valence-corrected chi connectivity index (χ3v) is 5.45. The van der Waals surface area contributed by atoms with Crippen molar-refractivity contribution in [3.63, 3.8) is 0 Å². The summed E-state index contributed by atoms with van der Waals surface area (Å²) >= 11 is 1.30. The van der Waals surface area contributed by atoms with Crippen LogP contribution in [0.4, 0.5) is 5.13 Å². The number of rotatable bonds is 4. The Morgan fingerprint density at radius 1 is 1.15 bits per heavy atom. The minimum Gasteiger partial charge on any atom is -0.374 e. The number of hydrogen-bond donors (Lipinski definition) is 1. The van der Waals surface area contributed by atoms with Crippen LogP contribution in [0.25, 0.3) is 16.9 Å². The summed E-state index contributed by atoms with van der Waals surface area (Å²) in [7, 11) is 1.85. The molecule has 0 saturated heterocycles. The molecule has 0 radical (unpaired) electrons. The molecule has 1 atom stereocenters. The lowest BCUT2D eigenvalue weighted by molar-refractivity contribution is 0.537. The Hall–Kier alpha value is -3.27. The van der Waals surface area contributed by atoms with Crippen molar-refractivity contribution in [2.75, 3.05) is 5.73 Å². The number of nitrogens with two attached hydrogens (primary N) is 1. The van der Waals surface area contributed by atoms with E-state index in [9.17, 15) is 4.79 Å². The maximum Gasteiger partial charge on any atom is 0.281 e. The number of nitrogens with zero attached hydrogens (tertiary/aromatic N) is 7. The van der Waals surface area contributed by atoms with Crippen LogP contribution >= 0.6 is 11.3 Å². The van der Waals surface area contributed by atoms with Crippen molar-refractivity contribution in [2.45, 2.75) is 19.9 Å². The predicted molar refractivity (Wildman–Crippen MR) is 103 cm³/mol. The SMILES string of the molecule is Cc1c(-c2cn([C@H](C)c3nnc(N)s3)nn2)c(=O)n(-c2ccccc2)n1C. The van der Waals surface area contributed by atoms with E-state index < -0.39 is 0 Å². The second kappa shape index (κ2) is 6.47. The van der Waals surface area contributed by atoms with E-state index in [0.29, 0.717) is 16.4 Å². The van der Waals surface area contributed by atoms with Crippen molar-refractivity contribution in [3.05, 3.63) is 57.6 Å². The molecule has 0 unspecified atom stereocenters. The third kappa shape index (κ3) is 2.83. The molecule has 27 heavy (non-hydrogen) atoms. The first-order valence-corrected chi connectivity index (χ1v) is 9.14. The van der Waals surface area contributed by atoms with Gasteiger partial charge in [0.25, 0.3) is 5.56 Å². The number of aromatic nitrogens is 7. The van der Waals surface area contributed by atoms with Crippen LogP contribution in [-0.4, -0.2) is 34.6 Å². The largest absolute Gasteiger partial charge is 0.374 e. The molecule has 3 aromatic heterocycles. The third-order valence-electron chi connectivity index (χ3n) is 4.53. The fraction of sp³-hybridized carbons (Fsp3) is 0.235. The molecule has 0 aliphatic rings. The highest BCUT2D eigenvalue weighted by atomic mass is 32.1. The van der Waals surface area contributed by atoms with E-state index in [-0.39, 0.29) is 11.6 Å². The van der Waals surface area contributed by atoms with Gasteiger partial charge in [0.1, 0.15) is 16.7 Å². The molecule has 4 aromatic rings. The summed E-state index contributed by atoms with van der Waals surface area (Å²) in [6.07, 6.45) is 1.75. The molecular formula is C17H18N8OS. The molecule has 0 fully saturated rings. The predicted octanol–water partition coefficient (Wildman–Crippen LogP) is 1.79. The Kier molecular flexibility index (Phi) is 4.11. The van der Waals surface area contributed by atoms with Gasteiger partial charge in [-0.05, 0) is 26.0 Å². The zero-order valence-corrected chi connectivity index (χ0v) is 15.9. The molecule has 0 aliphatic heterocycles. The van der Waals surface area contributed by atoms with Gasteiger partial charge in [0, 0.05) is 12.7 Å². The second-order valence-corrected chi connectivity index (χ2v) is 7.22. The van der Waals surface area contributed by atoms with E-state index >= 15 is 0 Å². The Bertz CT molecular complexity index is 1150. The van der Waals surface area contributed by atoms with Crippen molar-refractivity contribution in [1.29, 1.82) is 0 Å². The van der Waals surface area contributed by atoms with Crippen LogP contribution in [0, 0.1) is 6.92 Å². The number of hydrogen-bond acceptors (Lipinski definition) is 7. The van der Waals surface area contributed by atoms with Crippen LogP contribution in [0.5, 0.6) is 0 Å². The van der Waals surface area contributed by atoms with Gasteiger partial charge in [0.15, 0.2) is 0 Å². The molecule has 0 aliphatic carbocycles. The average Bonchev–Trinajstić information content (AvgIpc) is 3.36. The van der Waals surface area contributed by atoms with Crippen LogP contribution < -0.4 is 11.3 Å². The lowest BCUT2D eigenvalue weighted by Gasteiger charge is -2.07. The Morgan fingerprint density at radius 2 is 1.89 bits per heavy atom. The molecule has 3 heterocycles. The zero-order valence-electron chi connectivity index (χ0n) is 15.1. The van der Waals surface area contributed by atoms with Gasteiger partial charge in [0.05, 0.1) is 17.4 Å². The summed E-state index contributed by atoms with van der Waals surface area (Å²) in [5, 5.41) is 17.4. The van der Waals surface area contributed by atoms with Crippen molar-refractivity contribution in [2.24, 2.45) is 7.05 Å². The molecule has 2 N–H and O–H groups in total. The van der Waals surface area contributed by atoms with Crippen molar-refractivity contribution < 1.29 is 0 Å². The van der Waals surface area contributed by atoms with Gasteiger partial charge in [-0.2, -0.15) is 0 Å². The van der Waals surface area contributed by atoms with Crippen LogP contribution in [0.2, 0.25) is 0 Å². The highest BCUT2D eigenvalue weighted by molar-refractivity contribution is 7.15. The Balaban J connectivity index is 1.77. The second-order valence-electron chi connectivity index (χ2n) is 6.17. The van der Waals surface area contributed by atoms with Crippen LogP contribution in [0.15, 0.2) is 41.3 Å². The van der Waals surface area contributed by atoms with Crippen LogP contribution in [0.3, 0.4) is 0 Å². The monoisotopic (exact) mass is 382 g/mol. The molecule has 9 nitrogen and oxygen atoms in total. The van der Waals surface area contributed by atoms with Gasteiger partial charge in [0.2, 0.25) is 5.13 Å². The van der Waals surface area contributed by atoms with Gasteiger partial charge in [-0.3, -0.25) is 9.48 Å². The number of nitrogen functional groups attached to an aromatic ring is 1. The van der Waals surface area contributed by atoms with E-state index in [1.54, 1.807) is 15.6 Å². The van der Waals surface area contributed by atoms with Gasteiger partial charge in [-0.25, -0.2) is 9.36 Å². The van der Waals surface area contributed by atoms with E-state index in [2.05, 4.69) is 20.5 Å². The van der Waals surface area contributed by atoms with E-state index in [1.165, 1.54) is 11.3 Å². The van der Waals surface area contributed by atoms with Crippen LogP contribution in [-0.2, 0) is 7.05 Å². The molecular weight excluding hydrogens is 364 g/mol. The fourth-order valence-corrected chi connectivity index (χ4v) is 3.63. The minimum atomic E-state index is -0.179. The Labute approximate surface area is 158 Å². The number of para-hydroxylation sites is 1. The van der Waals surface area contributed by atoms with Crippen molar-refractivity contribution >= 4 is 16.5 Å². The number of benzene rings is 1. The zero-order chi connectivity index (χ0) is 19.1. The van der Waals surface area contributed by atoms with Crippen molar-refractivity contribution in [3.8, 4) is 16.9 Å². The first kappa shape index (κ1) is 17.2. The molecule has 0 spiro atoms. The topological polar surface area (TPSA) is 109 Å². The standard InChI is InChI=1S/C17H18N8OS/c1-10-14(16(26)25(23(10)3)12-7-5-4-6-8-12)13-9-24(22-19-13)11(2)15-20-21-17(18)27-15/h4-9,11H,1-3H3,(H2,18,21)/t11-/m1/s1. The lowest BCUT2D eigenvalue weighted by Crippen LogP contribution is -2.20. The van der Waals surface area contributed by atoms with E-state index in [0.717, 1.165) is 16.4 Å². The molecule has 1 aromatic carbocycles. The first-order chi connectivity index (χ1) is 13.0. The first-order valence-electron chi connectivity index (χ1n) is 8.32. The summed E-state index contributed by atoms with van der Waals surface area (Å²) < 4.78 is 5.10. The van der Waals surface area contributed by atoms with E-state index in [4.69, 9.17) is 5.73 Å². The van der Waals surface area contributed by atoms with E-state index in [1.807, 2.05) is 55.9 Å². The van der Waals surface area contributed by atoms with Crippen LogP contribution in [0.1, 0.15) is 23.7 Å². The number of anilines is 1. The van der Waals surface area contributed by atoms with Gasteiger partial charge in [-0.15, -0.1) is 15.3 Å². The average molecular weight is 382 g/mol. The smallest absolute Gasteiger partial charge is 0.281 e. The highest BCUT2D eigenvalue weighted by Crippen LogP contribution is 2.24. The molecule has 0 amide bonds. The molecule has 4 rings (SSSR count). The van der Waals surface area contributed by atoms with Gasteiger partial charge < -0.3 is 5.73 Å².